The fourth-order valence-corrected chi connectivity index (χ4v) is 4.21. The fraction of sp³-hybridized carbons (Fsp3) is 0.308. The van der Waals surface area contributed by atoms with Crippen LogP contribution in [0.2, 0.25) is 0 Å². The normalized spacial score (nSPS) is 20.2. The lowest BCUT2D eigenvalue weighted by atomic mass is 9.91. The number of esters is 1. The number of carbonyl (C=O) groups excluding carboxylic acids is 2. The van der Waals surface area contributed by atoms with Crippen molar-refractivity contribution in [3.63, 3.8) is 0 Å². The molecule has 2 aromatic rings. The van der Waals surface area contributed by atoms with Gasteiger partial charge in [-0.15, -0.1) is 0 Å². The number of halogens is 1. The first-order valence-corrected chi connectivity index (χ1v) is 11.0. The summed E-state index contributed by atoms with van der Waals surface area (Å²) in [7, 11) is 1.28. The van der Waals surface area contributed by atoms with E-state index < -0.39 is 29.5 Å². The first-order chi connectivity index (χ1) is 16.1. The lowest BCUT2D eigenvalue weighted by molar-refractivity contribution is -0.145. The van der Waals surface area contributed by atoms with Crippen molar-refractivity contribution >= 4 is 28.7 Å². The number of benzene rings is 2. The molecule has 2 atom stereocenters. The van der Waals surface area contributed by atoms with Crippen molar-refractivity contribution in [2.45, 2.75) is 45.1 Å². The highest BCUT2D eigenvalue weighted by atomic mass is 19.1. The Morgan fingerprint density at radius 1 is 1.24 bits per heavy atom. The molecule has 178 valence electrons. The molecule has 0 spiro atoms. The lowest BCUT2D eigenvalue weighted by Crippen LogP contribution is -2.45. The van der Waals surface area contributed by atoms with Gasteiger partial charge in [0.15, 0.2) is 0 Å². The third-order valence-electron chi connectivity index (χ3n) is 5.99. The van der Waals surface area contributed by atoms with E-state index in [4.69, 9.17) is 9.47 Å². The maximum absolute atomic E-state index is 13.8. The van der Waals surface area contributed by atoms with Gasteiger partial charge in [0.05, 0.1) is 18.8 Å². The van der Waals surface area contributed by atoms with Crippen LogP contribution < -0.4 is 10.6 Å². The molecule has 0 saturated heterocycles. The number of allylic oxidation sites excluding steroid dienone is 1. The third-order valence-corrected chi connectivity index (χ3v) is 5.99. The van der Waals surface area contributed by atoms with Gasteiger partial charge in [-0.1, -0.05) is 24.3 Å². The van der Waals surface area contributed by atoms with Gasteiger partial charge in [-0.05, 0) is 56.2 Å². The van der Waals surface area contributed by atoms with Crippen molar-refractivity contribution in [1.82, 2.24) is 5.32 Å². The van der Waals surface area contributed by atoms with Gasteiger partial charge in [0.1, 0.15) is 23.2 Å². The summed E-state index contributed by atoms with van der Waals surface area (Å²) < 4.78 is 24.7. The molecule has 8 heteroatoms. The number of ether oxygens (including phenoxy) is 2. The molecule has 0 aliphatic carbocycles. The molecule has 2 aromatic carbocycles. The van der Waals surface area contributed by atoms with Gasteiger partial charge in [0, 0.05) is 23.4 Å². The summed E-state index contributed by atoms with van der Waals surface area (Å²) in [5.74, 6) is -0.891. The molecule has 2 aliphatic rings. The number of aliphatic hydroxyl groups excluding tert-OH is 1. The van der Waals surface area contributed by atoms with E-state index in [1.54, 1.807) is 0 Å². The zero-order chi connectivity index (χ0) is 24.6. The number of nitrogens with one attached hydrogen (secondary N) is 2. The molecule has 2 heterocycles. The van der Waals surface area contributed by atoms with Crippen LogP contribution in [0.1, 0.15) is 37.5 Å². The second-order valence-corrected chi connectivity index (χ2v) is 8.87. The number of hydrogen-bond acceptors (Lipinski definition) is 6. The molecule has 0 unspecified atom stereocenters. The van der Waals surface area contributed by atoms with Crippen LogP contribution in [-0.2, 0) is 25.6 Å². The van der Waals surface area contributed by atoms with Gasteiger partial charge in [-0.2, -0.15) is 0 Å². The summed E-state index contributed by atoms with van der Waals surface area (Å²) in [6.07, 6.45) is 0.925. The van der Waals surface area contributed by atoms with Gasteiger partial charge in [0.25, 0.3) is 5.91 Å². The largest absolute Gasteiger partial charge is 0.482 e. The Morgan fingerprint density at radius 2 is 1.94 bits per heavy atom. The van der Waals surface area contributed by atoms with E-state index in [1.165, 1.54) is 32.2 Å². The summed E-state index contributed by atoms with van der Waals surface area (Å²) >= 11 is 0. The van der Waals surface area contributed by atoms with Crippen molar-refractivity contribution < 1.29 is 28.6 Å². The van der Waals surface area contributed by atoms with Crippen LogP contribution in [-0.4, -0.2) is 41.8 Å². The average Bonchev–Trinajstić information content (AvgIpc) is 3.28. The van der Waals surface area contributed by atoms with E-state index in [9.17, 15) is 19.1 Å². The SMILES string of the molecule is COC(=O)[C@@H](NCc1ccc(C2=CC(=C3C(=O)Nc4ccc(F)cc43)OC2(C)C)cc1)[C@@H](C)O. The summed E-state index contributed by atoms with van der Waals surface area (Å²) in [6, 6.07) is 11.0. The summed E-state index contributed by atoms with van der Waals surface area (Å²) in [5.41, 5.74) is 3.33. The molecule has 4 rings (SSSR count). The van der Waals surface area contributed by atoms with Crippen LogP contribution in [0.3, 0.4) is 0 Å². The molecule has 3 N–H and O–H groups in total. The van der Waals surface area contributed by atoms with Crippen LogP contribution in [0.15, 0.2) is 54.3 Å². The second kappa shape index (κ2) is 9.04. The van der Waals surface area contributed by atoms with Gasteiger partial charge in [0.2, 0.25) is 0 Å². The zero-order valence-electron chi connectivity index (χ0n) is 19.4. The number of fused-ring (bicyclic) bond motifs is 1. The Balaban J connectivity index is 1.59. The standard InChI is InChI=1S/C26H27FN2O5/c1-14(30)23(25(32)33-4)28-13-15-5-7-16(8-6-15)19-12-21(34-26(19,2)3)22-18-11-17(27)9-10-20(18)29-24(22)31/h5-12,14,23,28,30H,13H2,1-4H3,(H,29,31)/t14-,23+/m1/s1. The summed E-state index contributed by atoms with van der Waals surface area (Å²) in [4.78, 5) is 24.4. The van der Waals surface area contributed by atoms with Crippen LogP contribution in [0.25, 0.3) is 11.1 Å². The van der Waals surface area contributed by atoms with Crippen LogP contribution >= 0.6 is 0 Å². The number of amides is 1. The predicted octanol–water partition coefficient (Wildman–Crippen LogP) is 3.39. The Kier molecular flexibility index (Phi) is 6.29. The molecule has 0 radical (unpaired) electrons. The molecule has 1 amide bonds. The Hall–Kier alpha value is -3.49. The van der Waals surface area contributed by atoms with E-state index in [0.29, 0.717) is 29.1 Å². The van der Waals surface area contributed by atoms with E-state index in [2.05, 4.69) is 10.6 Å². The third kappa shape index (κ3) is 4.47. The maximum Gasteiger partial charge on any atom is 0.325 e. The van der Waals surface area contributed by atoms with Crippen LogP contribution in [0, 0.1) is 5.82 Å². The average molecular weight is 467 g/mol. The van der Waals surface area contributed by atoms with Crippen LogP contribution in [0.4, 0.5) is 10.1 Å². The highest BCUT2D eigenvalue weighted by molar-refractivity contribution is 6.32. The van der Waals surface area contributed by atoms with E-state index in [-0.39, 0.29) is 5.91 Å². The monoisotopic (exact) mass is 466 g/mol. The lowest BCUT2D eigenvalue weighted by Gasteiger charge is -2.24. The second-order valence-electron chi connectivity index (χ2n) is 8.87. The van der Waals surface area contributed by atoms with Gasteiger partial charge >= 0.3 is 5.97 Å². The number of anilines is 1. The first kappa shape index (κ1) is 23.7. The van der Waals surface area contributed by atoms with E-state index >= 15 is 0 Å². The molecule has 2 aliphatic heterocycles. The highest BCUT2D eigenvalue weighted by Crippen LogP contribution is 2.44. The summed E-state index contributed by atoms with van der Waals surface area (Å²) in [5, 5.41) is 15.6. The van der Waals surface area contributed by atoms with Crippen molar-refractivity contribution in [3.05, 3.63) is 76.8 Å². The van der Waals surface area contributed by atoms with Gasteiger partial charge in [-0.25, -0.2) is 4.39 Å². The molecule has 34 heavy (non-hydrogen) atoms. The van der Waals surface area contributed by atoms with Gasteiger partial charge in [-0.3, -0.25) is 14.9 Å². The minimum atomic E-state index is -0.897. The topological polar surface area (TPSA) is 96.9 Å². The number of rotatable bonds is 6. The first-order valence-electron chi connectivity index (χ1n) is 11.0. The minimum absolute atomic E-state index is 0.311. The quantitative estimate of drug-likeness (QED) is 0.446. The maximum atomic E-state index is 13.8. The Morgan fingerprint density at radius 3 is 2.59 bits per heavy atom. The number of carbonyl (C=O) groups is 2. The van der Waals surface area contributed by atoms with Crippen molar-refractivity contribution in [1.29, 1.82) is 0 Å². The molecule has 0 saturated carbocycles. The van der Waals surface area contributed by atoms with E-state index in [1.807, 2.05) is 44.2 Å². The minimum Gasteiger partial charge on any atom is -0.482 e. The number of aliphatic hydroxyl groups is 1. The Labute approximate surface area is 197 Å². The van der Waals surface area contributed by atoms with E-state index in [0.717, 1.165) is 16.7 Å². The zero-order valence-corrected chi connectivity index (χ0v) is 19.4. The fourth-order valence-electron chi connectivity index (χ4n) is 4.21. The predicted molar refractivity (Wildman–Crippen MR) is 126 cm³/mol. The highest BCUT2D eigenvalue weighted by Gasteiger charge is 2.38. The smallest absolute Gasteiger partial charge is 0.325 e. The molecular formula is C26H27FN2O5. The Bertz CT molecular complexity index is 1200. The van der Waals surface area contributed by atoms with Crippen molar-refractivity contribution in [3.8, 4) is 0 Å². The van der Waals surface area contributed by atoms with Gasteiger partial charge < -0.3 is 19.9 Å². The molecular weight excluding hydrogens is 439 g/mol. The van der Waals surface area contributed by atoms with Crippen LogP contribution in [0.5, 0.6) is 0 Å². The molecule has 0 bridgehead atoms. The molecule has 7 nitrogen and oxygen atoms in total. The van der Waals surface area contributed by atoms with Crippen molar-refractivity contribution in [2.24, 2.45) is 0 Å². The number of methoxy groups -OCH3 is 1. The summed E-state index contributed by atoms with van der Waals surface area (Å²) in [6.45, 7) is 5.70. The molecule has 0 fully saturated rings. The number of hydrogen-bond donors (Lipinski definition) is 3. The van der Waals surface area contributed by atoms with Crippen molar-refractivity contribution in [2.75, 3.05) is 12.4 Å². The molecule has 0 aromatic heterocycles.